The fourth-order valence-corrected chi connectivity index (χ4v) is 3.41. The van der Waals surface area contributed by atoms with Crippen LogP contribution >= 0.6 is 0 Å². The molecule has 0 radical (unpaired) electrons. The number of carbonyl (C=O) groups excluding carboxylic acids is 2. The molecule has 3 rings (SSSR count). The van der Waals surface area contributed by atoms with Crippen LogP contribution in [0.25, 0.3) is 0 Å². The zero-order valence-electron chi connectivity index (χ0n) is 17.6. The van der Waals surface area contributed by atoms with Crippen LogP contribution in [-0.4, -0.2) is 31.4 Å². The Morgan fingerprint density at radius 1 is 1.00 bits per heavy atom. The van der Waals surface area contributed by atoms with Crippen LogP contribution in [-0.2, 0) is 11.2 Å². The third kappa shape index (κ3) is 5.59. The van der Waals surface area contributed by atoms with Crippen molar-refractivity contribution in [2.75, 3.05) is 29.9 Å². The molecule has 2 N–H and O–H groups in total. The molecule has 0 aliphatic carbocycles. The fraction of sp³-hybridized carbons (Fsp3) is 0.417. The molecule has 2 amide bonds. The second kappa shape index (κ2) is 9.12. The lowest BCUT2D eigenvalue weighted by Gasteiger charge is -2.23. The third-order valence-electron chi connectivity index (χ3n) is 5.17. The highest BCUT2D eigenvalue weighted by atomic mass is 16.2. The van der Waals surface area contributed by atoms with Crippen molar-refractivity contribution in [1.82, 2.24) is 5.32 Å². The summed E-state index contributed by atoms with van der Waals surface area (Å²) in [5.41, 5.74) is 2.91. The molecule has 154 valence electrons. The molecular weight excluding hydrogens is 362 g/mol. The lowest BCUT2D eigenvalue weighted by molar-refractivity contribution is -0.123. The van der Waals surface area contributed by atoms with Crippen LogP contribution in [0.15, 0.2) is 48.5 Å². The van der Waals surface area contributed by atoms with Gasteiger partial charge in [-0.05, 0) is 43.0 Å². The molecule has 0 unspecified atom stereocenters. The van der Waals surface area contributed by atoms with E-state index in [0.717, 1.165) is 38.0 Å². The largest absolute Gasteiger partial charge is 0.371 e. The Kier molecular flexibility index (Phi) is 6.57. The van der Waals surface area contributed by atoms with Crippen molar-refractivity contribution in [3.05, 3.63) is 59.7 Å². The van der Waals surface area contributed by atoms with Gasteiger partial charge in [-0.25, -0.2) is 0 Å². The zero-order valence-corrected chi connectivity index (χ0v) is 17.6. The molecule has 0 atom stereocenters. The van der Waals surface area contributed by atoms with E-state index in [-0.39, 0.29) is 11.8 Å². The van der Waals surface area contributed by atoms with Crippen LogP contribution in [0, 0.1) is 5.41 Å². The molecule has 0 aromatic heterocycles. The maximum absolute atomic E-state index is 13.0. The molecular formula is C24H31N3O2. The summed E-state index contributed by atoms with van der Waals surface area (Å²) >= 11 is 0. The van der Waals surface area contributed by atoms with Crippen LogP contribution in [0.5, 0.6) is 0 Å². The Hall–Kier alpha value is -2.82. The smallest absolute Gasteiger partial charge is 0.253 e. The molecule has 1 fully saturated rings. The van der Waals surface area contributed by atoms with Crippen molar-refractivity contribution in [3.8, 4) is 0 Å². The number of hydrogen-bond acceptors (Lipinski definition) is 3. The number of amides is 2. The van der Waals surface area contributed by atoms with Crippen molar-refractivity contribution in [1.29, 1.82) is 0 Å². The van der Waals surface area contributed by atoms with E-state index in [9.17, 15) is 9.59 Å². The number of benzene rings is 2. The van der Waals surface area contributed by atoms with E-state index < -0.39 is 5.41 Å². The average Bonchev–Trinajstić information content (AvgIpc) is 3.22. The van der Waals surface area contributed by atoms with E-state index in [0.29, 0.717) is 17.8 Å². The lowest BCUT2D eigenvalue weighted by atomic mass is 9.95. The van der Waals surface area contributed by atoms with E-state index in [1.165, 1.54) is 5.56 Å². The second-order valence-corrected chi connectivity index (χ2v) is 8.62. The SMILES string of the molecule is CC(C)(C)C(=O)Nc1ccc(N2CCCC2)c(C(=O)NCCc2ccccc2)c1. The first-order valence-electron chi connectivity index (χ1n) is 10.4. The Morgan fingerprint density at radius 2 is 1.69 bits per heavy atom. The minimum atomic E-state index is -0.494. The minimum absolute atomic E-state index is 0.0677. The Labute approximate surface area is 173 Å². The number of nitrogens with zero attached hydrogens (tertiary/aromatic N) is 1. The minimum Gasteiger partial charge on any atom is -0.371 e. The molecule has 1 aliphatic rings. The summed E-state index contributed by atoms with van der Waals surface area (Å²) in [4.78, 5) is 27.6. The van der Waals surface area contributed by atoms with Crippen LogP contribution in [0.3, 0.4) is 0 Å². The number of nitrogens with one attached hydrogen (secondary N) is 2. The van der Waals surface area contributed by atoms with Gasteiger partial charge >= 0.3 is 0 Å². The fourth-order valence-electron chi connectivity index (χ4n) is 3.41. The average molecular weight is 394 g/mol. The third-order valence-corrected chi connectivity index (χ3v) is 5.17. The quantitative estimate of drug-likeness (QED) is 0.771. The first-order chi connectivity index (χ1) is 13.8. The summed E-state index contributed by atoms with van der Waals surface area (Å²) in [6.45, 7) is 8.10. The van der Waals surface area contributed by atoms with Gasteiger partial charge in [-0.15, -0.1) is 0 Å². The Morgan fingerprint density at radius 3 is 2.34 bits per heavy atom. The van der Waals surface area contributed by atoms with Gasteiger partial charge in [0.15, 0.2) is 0 Å². The van der Waals surface area contributed by atoms with Crippen molar-refractivity contribution in [2.24, 2.45) is 5.41 Å². The molecule has 5 nitrogen and oxygen atoms in total. The summed E-state index contributed by atoms with van der Waals surface area (Å²) in [5.74, 6) is -0.170. The summed E-state index contributed by atoms with van der Waals surface area (Å²) in [7, 11) is 0. The predicted octanol–water partition coefficient (Wildman–Crippen LogP) is 4.24. The normalized spacial score (nSPS) is 14.0. The Balaban J connectivity index is 1.76. The Bertz CT molecular complexity index is 850. The molecule has 0 bridgehead atoms. The van der Waals surface area contributed by atoms with Gasteiger partial charge in [0.25, 0.3) is 5.91 Å². The van der Waals surface area contributed by atoms with Gasteiger partial charge in [-0.3, -0.25) is 9.59 Å². The van der Waals surface area contributed by atoms with E-state index in [1.807, 2.05) is 51.1 Å². The molecule has 29 heavy (non-hydrogen) atoms. The first kappa shape index (κ1) is 20.9. The molecule has 1 heterocycles. The molecule has 0 spiro atoms. The second-order valence-electron chi connectivity index (χ2n) is 8.62. The molecule has 1 saturated heterocycles. The highest BCUT2D eigenvalue weighted by Crippen LogP contribution is 2.28. The van der Waals surface area contributed by atoms with Gasteiger partial charge in [0.05, 0.1) is 5.56 Å². The van der Waals surface area contributed by atoms with Crippen LogP contribution in [0.4, 0.5) is 11.4 Å². The van der Waals surface area contributed by atoms with Gasteiger partial charge in [0.1, 0.15) is 0 Å². The van der Waals surface area contributed by atoms with Crippen molar-refractivity contribution >= 4 is 23.2 Å². The van der Waals surface area contributed by atoms with Crippen LogP contribution in [0.2, 0.25) is 0 Å². The number of carbonyl (C=O) groups is 2. The molecule has 0 saturated carbocycles. The molecule has 5 heteroatoms. The lowest BCUT2D eigenvalue weighted by Crippen LogP contribution is -2.30. The van der Waals surface area contributed by atoms with Gasteiger partial charge in [-0.2, -0.15) is 0 Å². The van der Waals surface area contributed by atoms with Crippen LogP contribution in [0.1, 0.15) is 49.5 Å². The van der Waals surface area contributed by atoms with Crippen LogP contribution < -0.4 is 15.5 Å². The molecule has 1 aliphatic heterocycles. The maximum atomic E-state index is 13.0. The zero-order chi connectivity index (χ0) is 20.9. The van der Waals surface area contributed by atoms with E-state index in [1.54, 1.807) is 6.07 Å². The first-order valence-corrected chi connectivity index (χ1v) is 10.4. The standard InChI is InChI=1S/C24H31N3O2/c1-24(2,3)23(29)26-19-11-12-21(27-15-7-8-16-27)20(17-19)22(28)25-14-13-18-9-5-4-6-10-18/h4-6,9-12,17H,7-8,13-16H2,1-3H3,(H,25,28)(H,26,29). The number of hydrogen-bond donors (Lipinski definition) is 2. The summed E-state index contributed by atoms with van der Waals surface area (Å²) in [6, 6.07) is 15.8. The molecule has 2 aromatic rings. The summed E-state index contributed by atoms with van der Waals surface area (Å²) in [5, 5.41) is 5.98. The maximum Gasteiger partial charge on any atom is 0.253 e. The summed E-state index contributed by atoms with van der Waals surface area (Å²) in [6.07, 6.45) is 3.06. The molecule has 2 aromatic carbocycles. The van der Waals surface area contributed by atoms with E-state index >= 15 is 0 Å². The highest BCUT2D eigenvalue weighted by Gasteiger charge is 2.23. The van der Waals surface area contributed by atoms with Gasteiger partial charge in [0.2, 0.25) is 5.91 Å². The van der Waals surface area contributed by atoms with E-state index in [4.69, 9.17) is 0 Å². The van der Waals surface area contributed by atoms with Crippen molar-refractivity contribution in [2.45, 2.75) is 40.0 Å². The number of anilines is 2. The van der Waals surface area contributed by atoms with Crippen molar-refractivity contribution in [3.63, 3.8) is 0 Å². The van der Waals surface area contributed by atoms with Gasteiger partial charge in [0, 0.05) is 36.4 Å². The van der Waals surface area contributed by atoms with Gasteiger partial charge in [-0.1, -0.05) is 51.1 Å². The summed E-state index contributed by atoms with van der Waals surface area (Å²) < 4.78 is 0. The predicted molar refractivity (Wildman–Crippen MR) is 118 cm³/mol. The van der Waals surface area contributed by atoms with Crippen molar-refractivity contribution < 1.29 is 9.59 Å². The highest BCUT2D eigenvalue weighted by molar-refractivity contribution is 6.02. The topological polar surface area (TPSA) is 61.4 Å². The van der Waals surface area contributed by atoms with Gasteiger partial charge < -0.3 is 15.5 Å². The van der Waals surface area contributed by atoms with E-state index in [2.05, 4.69) is 27.7 Å². The number of rotatable bonds is 6. The monoisotopic (exact) mass is 393 g/mol.